The minimum atomic E-state index is 0.219. The molecule has 7 heteroatoms. The van der Waals surface area contributed by atoms with Crippen molar-refractivity contribution in [3.63, 3.8) is 0 Å². The molecule has 25 heavy (non-hydrogen) atoms. The highest BCUT2D eigenvalue weighted by Gasteiger charge is 2.27. The first kappa shape index (κ1) is 16.2. The standard InChI is InChI=1S/C18H25N7/c1-13-15-4-3-7-20-16(15)6-9-25(13)18-22-12-21-17(23-18)24(2)11-14-5-8-19-10-14/h3-4,7,12-14,19H,5-6,8-11H2,1-2H3. The number of rotatable bonds is 4. The van der Waals surface area contributed by atoms with Crippen molar-refractivity contribution in [2.75, 3.05) is 43.0 Å². The van der Waals surface area contributed by atoms with E-state index < -0.39 is 0 Å². The van der Waals surface area contributed by atoms with E-state index in [2.05, 4.69) is 50.1 Å². The fraction of sp³-hybridized carbons (Fsp3) is 0.556. The average molecular weight is 339 g/mol. The Kier molecular flexibility index (Phi) is 4.48. The zero-order valence-electron chi connectivity index (χ0n) is 14.9. The van der Waals surface area contributed by atoms with Crippen LogP contribution in [0.15, 0.2) is 24.7 Å². The molecule has 2 aromatic rings. The molecule has 2 atom stereocenters. The van der Waals surface area contributed by atoms with Crippen LogP contribution in [0.5, 0.6) is 0 Å². The second-order valence-corrected chi connectivity index (χ2v) is 6.98. The molecular formula is C18H25N7. The summed E-state index contributed by atoms with van der Waals surface area (Å²) in [6, 6.07) is 4.37. The number of pyridine rings is 1. The summed E-state index contributed by atoms with van der Waals surface area (Å²) in [5, 5.41) is 3.41. The summed E-state index contributed by atoms with van der Waals surface area (Å²) in [5.74, 6) is 2.17. The van der Waals surface area contributed by atoms with E-state index in [1.165, 1.54) is 17.7 Å². The Balaban J connectivity index is 1.53. The number of nitrogens with zero attached hydrogens (tertiary/aromatic N) is 6. The Morgan fingerprint density at radius 3 is 3.08 bits per heavy atom. The highest BCUT2D eigenvalue weighted by Crippen LogP contribution is 2.30. The Labute approximate surface area is 148 Å². The Morgan fingerprint density at radius 2 is 2.24 bits per heavy atom. The Morgan fingerprint density at radius 1 is 1.32 bits per heavy atom. The molecular weight excluding hydrogens is 314 g/mol. The average Bonchev–Trinajstić information content (AvgIpc) is 3.15. The number of aromatic nitrogens is 4. The van der Waals surface area contributed by atoms with Gasteiger partial charge >= 0.3 is 0 Å². The van der Waals surface area contributed by atoms with Crippen LogP contribution in [0.2, 0.25) is 0 Å². The Bertz CT molecular complexity index is 729. The van der Waals surface area contributed by atoms with Crippen LogP contribution >= 0.6 is 0 Å². The van der Waals surface area contributed by atoms with Crippen molar-refractivity contribution in [2.45, 2.75) is 25.8 Å². The quantitative estimate of drug-likeness (QED) is 0.904. The smallest absolute Gasteiger partial charge is 0.230 e. The second-order valence-electron chi connectivity index (χ2n) is 6.98. The van der Waals surface area contributed by atoms with Gasteiger partial charge in [-0.05, 0) is 44.0 Å². The van der Waals surface area contributed by atoms with Crippen LogP contribution in [0.1, 0.15) is 30.6 Å². The molecule has 0 aromatic carbocycles. The molecule has 4 rings (SSSR count). The van der Waals surface area contributed by atoms with E-state index in [0.29, 0.717) is 5.92 Å². The van der Waals surface area contributed by atoms with Crippen LogP contribution < -0.4 is 15.1 Å². The largest absolute Gasteiger partial charge is 0.343 e. The second kappa shape index (κ2) is 6.92. The molecule has 0 amide bonds. The zero-order valence-corrected chi connectivity index (χ0v) is 14.9. The molecule has 1 N–H and O–H groups in total. The predicted molar refractivity (Wildman–Crippen MR) is 97.8 cm³/mol. The van der Waals surface area contributed by atoms with Gasteiger partial charge < -0.3 is 15.1 Å². The lowest BCUT2D eigenvalue weighted by Gasteiger charge is -2.34. The zero-order chi connectivity index (χ0) is 17.2. The van der Waals surface area contributed by atoms with Crippen molar-refractivity contribution >= 4 is 11.9 Å². The maximum absolute atomic E-state index is 4.75. The minimum Gasteiger partial charge on any atom is -0.343 e. The van der Waals surface area contributed by atoms with Gasteiger partial charge in [-0.25, -0.2) is 9.97 Å². The normalized spacial score (nSPS) is 22.7. The van der Waals surface area contributed by atoms with Gasteiger partial charge in [0.1, 0.15) is 6.33 Å². The molecule has 2 unspecified atom stereocenters. The summed E-state index contributed by atoms with van der Waals surface area (Å²) in [4.78, 5) is 22.5. The fourth-order valence-corrected chi connectivity index (χ4v) is 3.84. The van der Waals surface area contributed by atoms with Gasteiger partial charge in [0.25, 0.3) is 0 Å². The van der Waals surface area contributed by atoms with E-state index in [0.717, 1.165) is 44.5 Å². The number of anilines is 2. The first-order valence-corrected chi connectivity index (χ1v) is 9.03. The predicted octanol–water partition coefficient (Wildman–Crippen LogP) is 1.44. The number of hydrogen-bond acceptors (Lipinski definition) is 7. The van der Waals surface area contributed by atoms with E-state index in [1.807, 2.05) is 12.3 Å². The van der Waals surface area contributed by atoms with Crippen molar-refractivity contribution in [2.24, 2.45) is 5.92 Å². The summed E-state index contributed by atoms with van der Waals surface area (Å²) >= 11 is 0. The van der Waals surface area contributed by atoms with E-state index in [4.69, 9.17) is 4.98 Å². The third-order valence-corrected chi connectivity index (χ3v) is 5.27. The Hall–Kier alpha value is -2.28. The van der Waals surface area contributed by atoms with E-state index >= 15 is 0 Å². The highest BCUT2D eigenvalue weighted by molar-refractivity contribution is 5.43. The van der Waals surface area contributed by atoms with Crippen LogP contribution in [0, 0.1) is 5.92 Å². The van der Waals surface area contributed by atoms with Crippen LogP contribution in [-0.4, -0.2) is 53.2 Å². The molecule has 0 radical (unpaired) electrons. The first-order valence-electron chi connectivity index (χ1n) is 9.03. The number of hydrogen-bond donors (Lipinski definition) is 1. The van der Waals surface area contributed by atoms with Gasteiger partial charge in [0.2, 0.25) is 11.9 Å². The van der Waals surface area contributed by atoms with Crippen molar-refractivity contribution in [3.8, 4) is 0 Å². The molecule has 2 aliphatic heterocycles. The maximum Gasteiger partial charge on any atom is 0.230 e. The van der Waals surface area contributed by atoms with Crippen LogP contribution in [-0.2, 0) is 6.42 Å². The lowest BCUT2D eigenvalue weighted by Crippen LogP contribution is -2.36. The molecule has 0 bridgehead atoms. The van der Waals surface area contributed by atoms with Gasteiger partial charge in [0.15, 0.2) is 0 Å². The lowest BCUT2D eigenvalue weighted by atomic mass is 9.99. The molecule has 2 aliphatic rings. The highest BCUT2D eigenvalue weighted by atomic mass is 15.3. The monoisotopic (exact) mass is 339 g/mol. The summed E-state index contributed by atoms with van der Waals surface area (Å²) in [6.45, 7) is 6.23. The molecule has 4 heterocycles. The minimum absolute atomic E-state index is 0.219. The summed E-state index contributed by atoms with van der Waals surface area (Å²) in [6.07, 6.45) is 5.64. The van der Waals surface area contributed by atoms with E-state index in [9.17, 15) is 0 Å². The summed E-state index contributed by atoms with van der Waals surface area (Å²) in [5.41, 5.74) is 2.45. The topological polar surface area (TPSA) is 70.1 Å². The van der Waals surface area contributed by atoms with Gasteiger partial charge in [0, 0.05) is 38.4 Å². The molecule has 0 spiro atoms. The van der Waals surface area contributed by atoms with Gasteiger partial charge in [-0.15, -0.1) is 0 Å². The SMILES string of the molecule is CC1c2cccnc2CCN1c1ncnc(N(C)CC2CCNC2)n1. The molecule has 1 fully saturated rings. The van der Waals surface area contributed by atoms with Crippen molar-refractivity contribution < 1.29 is 0 Å². The van der Waals surface area contributed by atoms with Crippen LogP contribution in [0.25, 0.3) is 0 Å². The van der Waals surface area contributed by atoms with Crippen LogP contribution in [0.4, 0.5) is 11.9 Å². The fourth-order valence-electron chi connectivity index (χ4n) is 3.84. The van der Waals surface area contributed by atoms with Crippen molar-refractivity contribution in [1.82, 2.24) is 25.3 Å². The van der Waals surface area contributed by atoms with Gasteiger partial charge in [-0.2, -0.15) is 4.98 Å². The van der Waals surface area contributed by atoms with E-state index in [1.54, 1.807) is 6.33 Å². The number of nitrogens with one attached hydrogen (secondary N) is 1. The molecule has 132 valence electrons. The lowest BCUT2D eigenvalue weighted by molar-refractivity contribution is 0.568. The summed E-state index contributed by atoms with van der Waals surface area (Å²) in [7, 11) is 2.07. The maximum atomic E-state index is 4.75. The van der Waals surface area contributed by atoms with Crippen molar-refractivity contribution in [1.29, 1.82) is 0 Å². The molecule has 1 saturated heterocycles. The van der Waals surface area contributed by atoms with E-state index in [-0.39, 0.29) is 6.04 Å². The summed E-state index contributed by atoms with van der Waals surface area (Å²) < 4.78 is 0. The third-order valence-electron chi connectivity index (χ3n) is 5.27. The van der Waals surface area contributed by atoms with Crippen LogP contribution in [0.3, 0.4) is 0 Å². The van der Waals surface area contributed by atoms with Gasteiger partial charge in [0.05, 0.1) is 6.04 Å². The number of fused-ring (bicyclic) bond motifs is 1. The third kappa shape index (κ3) is 3.28. The van der Waals surface area contributed by atoms with Crippen molar-refractivity contribution in [3.05, 3.63) is 35.9 Å². The molecule has 2 aromatic heterocycles. The first-order chi connectivity index (χ1) is 12.2. The van der Waals surface area contributed by atoms with Gasteiger partial charge in [-0.1, -0.05) is 6.07 Å². The van der Waals surface area contributed by atoms with Gasteiger partial charge in [-0.3, -0.25) is 4.98 Å². The molecule has 7 nitrogen and oxygen atoms in total. The molecule has 0 saturated carbocycles. The molecule has 0 aliphatic carbocycles.